The van der Waals surface area contributed by atoms with Crippen molar-refractivity contribution in [2.75, 3.05) is 6.54 Å². The molecule has 3 saturated carbocycles. The topological polar surface area (TPSA) is 148 Å². The molecule has 2 unspecified atom stereocenters. The van der Waals surface area contributed by atoms with Crippen LogP contribution in [0.4, 0.5) is 4.79 Å². The van der Waals surface area contributed by atoms with Crippen LogP contribution in [0.5, 0.6) is 0 Å². The lowest BCUT2D eigenvalue weighted by molar-refractivity contribution is -0.145. The Balaban J connectivity index is 1.52. The number of hydrogen-bond acceptors (Lipinski definition) is 6. The van der Waals surface area contributed by atoms with Gasteiger partial charge in [0.25, 0.3) is 5.91 Å². The Morgan fingerprint density at radius 3 is 2.12 bits per heavy atom. The van der Waals surface area contributed by atoms with Crippen LogP contribution in [-0.4, -0.2) is 64.8 Å². The van der Waals surface area contributed by atoms with Crippen LogP contribution in [0.25, 0.3) is 0 Å². The predicted octanol–water partition coefficient (Wildman–Crippen LogP) is 3.06. The summed E-state index contributed by atoms with van der Waals surface area (Å²) in [6.45, 7) is 12.1. The van der Waals surface area contributed by atoms with Gasteiger partial charge in [-0.3, -0.25) is 19.2 Å². The van der Waals surface area contributed by atoms with Gasteiger partial charge in [0.15, 0.2) is 0 Å². The SMILES string of the molecule is CC1(OC(=O)N[C@H](C(=O)N2C[C@H]3[C@@H](C2C(=O)NC(CC2CCC2)C(=O)C(N)=O)C3(C)C)C(C)(C)C)CCCCC1. The maximum absolute atomic E-state index is 14.1. The van der Waals surface area contributed by atoms with Crippen molar-refractivity contribution < 1.29 is 28.7 Å². The Hall–Kier alpha value is -2.65. The number of ketones is 1. The number of carbonyl (C=O) groups is 5. The lowest BCUT2D eigenvalue weighted by Gasteiger charge is -2.39. The number of piperidine rings is 1. The number of Topliss-reactive ketones (excluding diaryl/α,β-unsaturated/α-hetero) is 1. The summed E-state index contributed by atoms with van der Waals surface area (Å²) in [6, 6.07) is -2.73. The van der Waals surface area contributed by atoms with Gasteiger partial charge in [0.1, 0.15) is 17.7 Å². The fourth-order valence-corrected chi connectivity index (χ4v) is 7.12. The van der Waals surface area contributed by atoms with Crippen molar-refractivity contribution in [1.29, 1.82) is 0 Å². The molecule has 0 bridgehead atoms. The van der Waals surface area contributed by atoms with Crippen molar-refractivity contribution >= 4 is 29.6 Å². The van der Waals surface area contributed by atoms with Gasteiger partial charge in [0, 0.05) is 6.54 Å². The second kappa shape index (κ2) is 11.0. The Morgan fingerprint density at radius 1 is 0.975 bits per heavy atom. The minimum Gasteiger partial charge on any atom is -0.443 e. The van der Waals surface area contributed by atoms with Gasteiger partial charge >= 0.3 is 6.09 Å². The smallest absolute Gasteiger partial charge is 0.408 e. The number of nitrogens with one attached hydrogen (secondary N) is 2. The molecule has 0 aromatic heterocycles. The average Bonchev–Trinajstić information content (AvgIpc) is 3.14. The number of hydrogen-bond donors (Lipinski definition) is 3. The molecule has 1 saturated heterocycles. The normalized spacial score (nSPS) is 28.4. The Bertz CT molecular complexity index is 1040. The molecular formula is C30H48N4O6. The van der Waals surface area contributed by atoms with E-state index in [2.05, 4.69) is 24.5 Å². The third kappa shape index (κ3) is 6.15. The third-order valence-electron chi connectivity index (χ3n) is 10.1. The number of carbonyl (C=O) groups excluding carboxylic acids is 5. The molecule has 4 rings (SSSR count). The molecule has 1 heterocycles. The molecule has 1 aliphatic heterocycles. The molecule has 4 fully saturated rings. The van der Waals surface area contributed by atoms with E-state index >= 15 is 0 Å². The lowest BCUT2D eigenvalue weighted by Crippen LogP contribution is -2.61. The van der Waals surface area contributed by atoms with E-state index in [1.165, 1.54) is 0 Å². The van der Waals surface area contributed by atoms with Crippen LogP contribution in [0.3, 0.4) is 0 Å². The van der Waals surface area contributed by atoms with Crippen molar-refractivity contribution in [2.45, 2.75) is 123 Å². The number of nitrogens with two attached hydrogens (primary N) is 1. The lowest BCUT2D eigenvalue weighted by atomic mass is 9.80. The average molecular weight is 561 g/mol. The van der Waals surface area contributed by atoms with E-state index < -0.39 is 52.8 Å². The van der Waals surface area contributed by atoms with E-state index in [0.717, 1.165) is 51.4 Å². The van der Waals surface area contributed by atoms with Crippen LogP contribution in [0, 0.1) is 28.6 Å². The monoisotopic (exact) mass is 560 g/mol. The molecule has 0 spiro atoms. The fraction of sp³-hybridized carbons (Fsp3) is 0.833. The zero-order chi connectivity index (χ0) is 29.6. The van der Waals surface area contributed by atoms with E-state index in [1.807, 2.05) is 27.7 Å². The van der Waals surface area contributed by atoms with Crippen molar-refractivity contribution in [2.24, 2.45) is 34.3 Å². The second-order valence-corrected chi connectivity index (χ2v) is 14.6. The van der Waals surface area contributed by atoms with Gasteiger partial charge in [-0.05, 0) is 67.6 Å². The van der Waals surface area contributed by atoms with E-state index in [0.29, 0.717) is 13.0 Å². The van der Waals surface area contributed by atoms with Crippen molar-refractivity contribution in [3.05, 3.63) is 0 Å². The summed E-state index contributed by atoms with van der Waals surface area (Å²) in [5, 5.41) is 5.63. The molecule has 0 radical (unpaired) electrons. The number of fused-ring (bicyclic) bond motifs is 1. The summed E-state index contributed by atoms with van der Waals surface area (Å²) < 4.78 is 5.83. The highest BCUT2D eigenvalue weighted by Gasteiger charge is 2.70. The highest BCUT2D eigenvalue weighted by atomic mass is 16.6. The largest absolute Gasteiger partial charge is 0.443 e. The molecule has 5 atom stereocenters. The maximum atomic E-state index is 14.1. The van der Waals surface area contributed by atoms with E-state index in [4.69, 9.17) is 10.5 Å². The fourth-order valence-electron chi connectivity index (χ4n) is 7.12. The molecule has 10 heteroatoms. The van der Waals surface area contributed by atoms with Gasteiger partial charge in [-0.1, -0.05) is 60.3 Å². The zero-order valence-corrected chi connectivity index (χ0v) is 25.0. The van der Waals surface area contributed by atoms with Gasteiger partial charge in [0.2, 0.25) is 17.6 Å². The van der Waals surface area contributed by atoms with E-state index in [-0.39, 0.29) is 29.1 Å². The molecule has 3 aliphatic carbocycles. The first-order valence-corrected chi connectivity index (χ1v) is 15.0. The summed E-state index contributed by atoms with van der Waals surface area (Å²) in [6.07, 6.45) is 7.36. The third-order valence-corrected chi connectivity index (χ3v) is 10.1. The van der Waals surface area contributed by atoms with Gasteiger partial charge in [-0.2, -0.15) is 0 Å². The standard InChI is InChI=1S/C30H48N4O6/c1-28(2,3)23(33-27(39)40-30(6)13-8-7-9-14-30)26(38)34-16-18-20(29(18,4)5)21(34)25(37)32-19(22(35)24(31)36)15-17-11-10-12-17/h17-21,23H,7-16H2,1-6H3,(H2,31,36)(H,32,37)(H,33,39)/t18-,19?,20-,21?,23+/m0/s1. The van der Waals surface area contributed by atoms with Crippen molar-refractivity contribution in [3.63, 3.8) is 0 Å². The van der Waals surface area contributed by atoms with Crippen LogP contribution in [0.1, 0.15) is 99.3 Å². The molecular weight excluding hydrogens is 512 g/mol. The second-order valence-electron chi connectivity index (χ2n) is 14.6. The van der Waals surface area contributed by atoms with E-state index in [1.54, 1.807) is 4.90 Å². The molecule has 0 aromatic carbocycles. The van der Waals surface area contributed by atoms with Crippen LogP contribution in [-0.2, 0) is 23.9 Å². The first kappa shape index (κ1) is 30.3. The number of ether oxygens (including phenoxy) is 1. The van der Waals surface area contributed by atoms with Gasteiger partial charge in [0.05, 0.1) is 6.04 Å². The number of amides is 4. The number of nitrogens with zero attached hydrogens (tertiary/aromatic N) is 1. The maximum Gasteiger partial charge on any atom is 0.408 e. The zero-order valence-electron chi connectivity index (χ0n) is 25.0. The highest BCUT2D eigenvalue weighted by molar-refractivity contribution is 6.37. The quantitative estimate of drug-likeness (QED) is 0.369. The summed E-state index contributed by atoms with van der Waals surface area (Å²) in [4.78, 5) is 66.9. The summed E-state index contributed by atoms with van der Waals surface area (Å²) in [5.41, 5.74) is 3.96. The van der Waals surface area contributed by atoms with Crippen LogP contribution in [0.15, 0.2) is 0 Å². The summed E-state index contributed by atoms with van der Waals surface area (Å²) in [5.74, 6) is -2.39. The molecule has 224 valence electrons. The van der Waals surface area contributed by atoms with Crippen LogP contribution >= 0.6 is 0 Å². The Labute approximate surface area is 237 Å². The molecule has 4 aliphatic rings. The first-order valence-electron chi connectivity index (χ1n) is 15.0. The summed E-state index contributed by atoms with van der Waals surface area (Å²) in [7, 11) is 0. The number of likely N-dealkylation sites (tertiary alicyclic amines) is 1. The Morgan fingerprint density at radius 2 is 1.60 bits per heavy atom. The molecule has 0 aromatic rings. The number of alkyl carbamates (subject to hydrolysis) is 1. The van der Waals surface area contributed by atoms with Crippen molar-refractivity contribution in [1.82, 2.24) is 15.5 Å². The summed E-state index contributed by atoms with van der Waals surface area (Å²) >= 11 is 0. The highest BCUT2D eigenvalue weighted by Crippen LogP contribution is 2.65. The van der Waals surface area contributed by atoms with Gasteiger partial charge < -0.3 is 26.0 Å². The van der Waals surface area contributed by atoms with Crippen molar-refractivity contribution in [3.8, 4) is 0 Å². The van der Waals surface area contributed by atoms with Gasteiger partial charge in [-0.25, -0.2) is 4.79 Å². The number of rotatable bonds is 9. The Kier molecular flexibility index (Phi) is 8.31. The first-order chi connectivity index (χ1) is 18.5. The molecule has 4 N–H and O–H groups in total. The predicted molar refractivity (Wildman–Crippen MR) is 149 cm³/mol. The molecule has 4 amide bonds. The molecule has 40 heavy (non-hydrogen) atoms. The number of primary amides is 1. The van der Waals surface area contributed by atoms with Crippen LogP contribution in [0.2, 0.25) is 0 Å². The van der Waals surface area contributed by atoms with E-state index in [9.17, 15) is 24.0 Å². The minimum absolute atomic E-state index is 0.0850. The molecule has 10 nitrogen and oxygen atoms in total. The minimum atomic E-state index is -1.07. The van der Waals surface area contributed by atoms with Crippen LogP contribution < -0.4 is 16.4 Å². The van der Waals surface area contributed by atoms with Gasteiger partial charge in [-0.15, -0.1) is 0 Å².